The zero-order valence-electron chi connectivity index (χ0n) is 9.34. The van der Waals surface area contributed by atoms with E-state index in [1.807, 2.05) is 6.07 Å². The smallest absolute Gasteiger partial charge is 0.140 e. The average Bonchev–Trinajstić information content (AvgIpc) is 2.42. The number of benzene rings is 1. The minimum atomic E-state index is -0.490. The zero-order valence-corrected chi connectivity index (χ0v) is 10.1. The number of rotatable bonds is 2. The Hall–Kier alpha value is -2.36. The molecule has 1 aromatic heterocycles. The Morgan fingerprint density at radius 2 is 1.78 bits per heavy atom. The van der Waals surface area contributed by atoms with E-state index >= 15 is 0 Å². The number of aromatic nitrogens is 1. The largest absolute Gasteiger partial charge is 0.240 e. The van der Waals surface area contributed by atoms with Crippen LogP contribution in [0.3, 0.4) is 0 Å². The van der Waals surface area contributed by atoms with Gasteiger partial charge in [-0.3, -0.25) is 0 Å². The molecule has 0 N–H and O–H groups in total. The molecule has 18 heavy (non-hydrogen) atoms. The number of pyridine rings is 1. The van der Waals surface area contributed by atoms with Crippen LogP contribution in [0, 0.1) is 22.7 Å². The molecule has 0 radical (unpaired) electrons. The lowest BCUT2D eigenvalue weighted by Crippen LogP contribution is -2.01. The average molecular weight is 254 g/mol. The van der Waals surface area contributed by atoms with Gasteiger partial charge in [-0.25, -0.2) is 4.98 Å². The van der Waals surface area contributed by atoms with Crippen molar-refractivity contribution in [1.82, 2.24) is 4.98 Å². The van der Waals surface area contributed by atoms with E-state index in [4.69, 9.17) is 16.9 Å². The molecule has 1 atom stereocenters. The third kappa shape index (κ3) is 2.48. The first-order valence-corrected chi connectivity index (χ1v) is 5.64. The van der Waals surface area contributed by atoms with Crippen molar-refractivity contribution in [3.63, 3.8) is 0 Å². The first kappa shape index (κ1) is 12.1. The number of nitrogens with zero attached hydrogens (tertiary/aromatic N) is 3. The molecule has 4 heteroatoms. The quantitative estimate of drug-likeness (QED) is 0.825. The highest BCUT2D eigenvalue weighted by molar-refractivity contribution is 6.30. The van der Waals surface area contributed by atoms with Crippen molar-refractivity contribution in [3.8, 4) is 12.1 Å². The lowest BCUT2D eigenvalue weighted by molar-refractivity contribution is 0.959. The summed E-state index contributed by atoms with van der Waals surface area (Å²) >= 11 is 5.81. The fraction of sp³-hybridized carbons (Fsp3) is 0.0714. The van der Waals surface area contributed by atoms with Crippen LogP contribution in [-0.2, 0) is 0 Å². The van der Waals surface area contributed by atoms with Crippen LogP contribution in [0.1, 0.15) is 22.9 Å². The molecule has 0 spiro atoms. The summed E-state index contributed by atoms with van der Waals surface area (Å²) in [7, 11) is 0. The molecular formula is C14H8ClN3. The predicted molar refractivity (Wildman–Crippen MR) is 67.9 cm³/mol. The molecule has 0 aliphatic carbocycles. The van der Waals surface area contributed by atoms with E-state index in [1.165, 1.54) is 0 Å². The minimum Gasteiger partial charge on any atom is -0.240 e. The third-order valence-corrected chi connectivity index (χ3v) is 2.77. The SMILES string of the molecule is N#Cc1cccc(C(C#N)c2ccc(Cl)cc2)n1. The lowest BCUT2D eigenvalue weighted by atomic mass is 9.96. The maximum Gasteiger partial charge on any atom is 0.140 e. The van der Waals surface area contributed by atoms with E-state index in [0.717, 1.165) is 5.56 Å². The Morgan fingerprint density at radius 3 is 2.39 bits per heavy atom. The van der Waals surface area contributed by atoms with Gasteiger partial charge in [-0.2, -0.15) is 10.5 Å². The van der Waals surface area contributed by atoms with Crippen LogP contribution < -0.4 is 0 Å². The third-order valence-electron chi connectivity index (χ3n) is 2.51. The Labute approximate surface area is 110 Å². The number of hydrogen-bond donors (Lipinski definition) is 0. The van der Waals surface area contributed by atoms with Crippen molar-refractivity contribution in [2.75, 3.05) is 0 Å². The second kappa shape index (κ2) is 5.31. The van der Waals surface area contributed by atoms with Crippen molar-refractivity contribution in [1.29, 1.82) is 10.5 Å². The molecule has 1 heterocycles. The van der Waals surface area contributed by atoms with E-state index in [2.05, 4.69) is 11.1 Å². The van der Waals surface area contributed by atoms with Crippen molar-refractivity contribution >= 4 is 11.6 Å². The zero-order chi connectivity index (χ0) is 13.0. The molecule has 0 aliphatic heterocycles. The van der Waals surface area contributed by atoms with Gasteiger partial charge in [0, 0.05) is 5.02 Å². The van der Waals surface area contributed by atoms with Gasteiger partial charge < -0.3 is 0 Å². The molecule has 86 valence electrons. The molecule has 0 saturated carbocycles. The first-order valence-electron chi connectivity index (χ1n) is 5.26. The van der Waals surface area contributed by atoms with Gasteiger partial charge in [0.2, 0.25) is 0 Å². The van der Waals surface area contributed by atoms with Gasteiger partial charge in [-0.1, -0.05) is 29.8 Å². The summed E-state index contributed by atoms with van der Waals surface area (Å²) in [4.78, 5) is 4.14. The summed E-state index contributed by atoms with van der Waals surface area (Å²) in [6.45, 7) is 0. The van der Waals surface area contributed by atoms with Crippen LogP contribution in [-0.4, -0.2) is 4.98 Å². The van der Waals surface area contributed by atoms with Gasteiger partial charge in [-0.15, -0.1) is 0 Å². The van der Waals surface area contributed by atoms with Gasteiger partial charge in [0.1, 0.15) is 17.7 Å². The Bertz CT molecular complexity index is 635. The van der Waals surface area contributed by atoms with Crippen molar-refractivity contribution in [2.24, 2.45) is 0 Å². The fourth-order valence-corrected chi connectivity index (χ4v) is 1.77. The van der Waals surface area contributed by atoms with Gasteiger partial charge in [0.25, 0.3) is 0 Å². The van der Waals surface area contributed by atoms with Gasteiger partial charge >= 0.3 is 0 Å². The van der Waals surface area contributed by atoms with Gasteiger partial charge in [0.15, 0.2) is 0 Å². The summed E-state index contributed by atoms with van der Waals surface area (Å²) in [5.41, 5.74) is 1.69. The molecular weight excluding hydrogens is 246 g/mol. The molecule has 1 aromatic carbocycles. The highest BCUT2D eigenvalue weighted by Gasteiger charge is 2.15. The van der Waals surface area contributed by atoms with E-state index in [9.17, 15) is 5.26 Å². The molecule has 0 fully saturated rings. The van der Waals surface area contributed by atoms with Gasteiger partial charge in [0.05, 0.1) is 11.8 Å². The van der Waals surface area contributed by atoms with Crippen LogP contribution >= 0.6 is 11.6 Å². The molecule has 0 amide bonds. The highest BCUT2D eigenvalue weighted by atomic mass is 35.5. The first-order chi connectivity index (χ1) is 8.74. The highest BCUT2D eigenvalue weighted by Crippen LogP contribution is 2.23. The number of nitriles is 2. The lowest BCUT2D eigenvalue weighted by Gasteiger charge is -2.09. The standard InChI is InChI=1S/C14H8ClN3/c15-11-6-4-10(5-7-11)13(9-17)14-3-1-2-12(8-16)18-14/h1-7,13H. The minimum absolute atomic E-state index is 0.307. The summed E-state index contributed by atoms with van der Waals surface area (Å²) in [5.74, 6) is -0.490. The summed E-state index contributed by atoms with van der Waals surface area (Å²) in [5, 5.41) is 18.7. The Kier molecular flexibility index (Phi) is 3.57. The van der Waals surface area contributed by atoms with E-state index in [0.29, 0.717) is 16.4 Å². The maximum absolute atomic E-state index is 9.26. The molecule has 0 saturated heterocycles. The summed E-state index contributed by atoms with van der Waals surface area (Å²) in [6.07, 6.45) is 0. The second-order valence-corrected chi connectivity index (χ2v) is 4.11. The fourth-order valence-electron chi connectivity index (χ4n) is 1.64. The number of hydrogen-bond acceptors (Lipinski definition) is 3. The van der Waals surface area contributed by atoms with Crippen molar-refractivity contribution < 1.29 is 0 Å². The topological polar surface area (TPSA) is 60.5 Å². The Balaban J connectivity index is 2.43. The van der Waals surface area contributed by atoms with Gasteiger partial charge in [-0.05, 0) is 29.8 Å². The molecule has 2 rings (SSSR count). The monoisotopic (exact) mass is 253 g/mol. The maximum atomic E-state index is 9.26. The number of halogens is 1. The predicted octanol–water partition coefficient (Wildman–Crippen LogP) is 3.26. The second-order valence-electron chi connectivity index (χ2n) is 3.67. The summed E-state index contributed by atoms with van der Waals surface area (Å²) < 4.78 is 0. The molecule has 0 aliphatic rings. The van der Waals surface area contributed by atoms with E-state index in [1.54, 1.807) is 42.5 Å². The van der Waals surface area contributed by atoms with Crippen LogP contribution in [0.5, 0.6) is 0 Å². The summed E-state index contributed by atoms with van der Waals surface area (Å²) in [6, 6.07) is 16.3. The molecule has 0 bridgehead atoms. The molecule has 1 unspecified atom stereocenters. The molecule has 3 nitrogen and oxygen atoms in total. The van der Waals surface area contributed by atoms with Crippen LogP contribution in [0.4, 0.5) is 0 Å². The van der Waals surface area contributed by atoms with Crippen molar-refractivity contribution in [2.45, 2.75) is 5.92 Å². The Morgan fingerprint density at radius 1 is 1.06 bits per heavy atom. The van der Waals surface area contributed by atoms with E-state index in [-0.39, 0.29) is 0 Å². The van der Waals surface area contributed by atoms with Crippen LogP contribution in [0.2, 0.25) is 5.02 Å². The normalized spacial score (nSPS) is 11.3. The van der Waals surface area contributed by atoms with Crippen molar-refractivity contribution in [3.05, 3.63) is 64.4 Å². The van der Waals surface area contributed by atoms with Crippen LogP contribution in [0.25, 0.3) is 0 Å². The van der Waals surface area contributed by atoms with Crippen LogP contribution in [0.15, 0.2) is 42.5 Å². The van der Waals surface area contributed by atoms with E-state index < -0.39 is 5.92 Å². The molecule has 2 aromatic rings.